The van der Waals surface area contributed by atoms with E-state index in [9.17, 15) is 9.59 Å². The van der Waals surface area contributed by atoms with Crippen LogP contribution in [-0.2, 0) is 9.59 Å². The Morgan fingerprint density at radius 2 is 1.72 bits per heavy atom. The van der Waals surface area contributed by atoms with Crippen LogP contribution in [0.25, 0.3) is 0 Å². The molecule has 4 rings (SSSR count). The van der Waals surface area contributed by atoms with Gasteiger partial charge in [-0.3, -0.25) is 9.59 Å². The lowest BCUT2D eigenvalue weighted by Gasteiger charge is -2.37. The lowest BCUT2D eigenvalue weighted by atomic mass is 9.74. The van der Waals surface area contributed by atoms with Crippen LogP contribution >= 0.6 is 0 Å². The molecule has 0 spiro atoms. The largest absolute Gasteiger partial charge is 0.378 e. The number of carbonyl (C=O) groups excluding carboxylic acids is 2. The highest BCUT2D eigenvalue weighted by atomic mass is 16.2. The third kappa shape index (κ3) is 3.70. The number of nitrogens with one attached hydrogen (secondary N) is 1. The second kappa shape index (κ2) is 8.05. The van der Waals surface area contributed by atoms with E-state index in [0.29, 0.717) is 6.42 Å². The number of anilines is 1. The number of amides is 1. The van der Waals surface area contributed by atoms with Crippen LogP contribution in [0, 0.1) is 0 Å². The molecule has 1 amide bonds. The third-order valence-corrected chi connectivity index (χ3v) is 6.39. The number of ketones is 1. The van der Waals surface area contributed by atoms with Gasteiger partial charge in [0.15, 0.2) is 5.78 Å². The lowest BCUT2D eigenvalue weighted by molar-refractivity contribution is -0.128. The van der Waals surface area contributed by atoms with Crippen LogP contribution in [0.3, 0.4) is 0 Å². The fraction of sp³-hybridized carbons (Fsp3) is 0.500. The summed E-state index contributed by atoms with van der Waals surface area (Å²) in [6.07, 6.45) is 5.61. The van der Waals surface area contributed by atoms with Crippen molar-refractivity contribution in [2.75, 3.05) is 32.1 Å². The number of carbonyl (C=O) groups is 2. The van der Waals surface area contributed by atoms with Gasteiger partial charge in [-0.05, 0) is 56.7 Å². The number of dihydropyridines is 1. The second-order valence-corrected chi connectivity index (χ2v) is 8.60. The molecule has 1 saturated heterocycles. The summed E-state index contributed by atoms with van der Waals surface area (Å²) in [6, 6.07) is 8.30. The molecule has 1 fully saturated rings. The molecule has 1 unspecified atom stereocenters. The van der Waals surface area contributed by atoms with Gasteiger partial charge in [-0.2, -0.15) is 0 Å². The molecule has 1 N–H and O–H groups in total. The zero-order valence-corrected chi connectivity index (χ0v) is 17.8. The molecule has 0 saturated carbocycles. The Hall–Kier alpha value is -2.56. The second-order valence-electron chi connectivity index (χ2n) is 8.60. The molecule has 5 heteroatoms. The normalized spacial score (nSPS) is 22.4. The highest BCUT2D eigenvalue weighted by Gasteiger charge is 2.39. The minimum absolute atomic E-state index is 0.0845. The SMILES string of the molecule is CC1=C(C(=O)N2CCCCC2)C(c2ccc(N(C)C)cc2)C2=C(CCCC2=O)N1. The van der Waals surface area contributed by atoms with Gasteiger partial charge in [-0.1, -0.05) is 12.1 Å². The number of allylic oxidation sites excluding steroid dienone is 3. The molecule has 2 aliphatic heterocycles. The van der Waals surface area contributed by atoms with Crippen molar-refractivity contribution in [1.29, 1.82) is 0 Å². The monoisotopic (exact) mass is 393 g/mol. The van der Waals surface area contributed by atoms with Crippen LogP contribution in [0.1, 0.15) is 56.9 Å². The molecule has 0 bridgehead atoms. The average Bonchev–Trinajstić information content (AvgIpc) is 2.73. The van der Waals surface area contributed by atoms with E-state index in [2.05, 4.69) is 34.5 Å². The summed E-state index contributed by atoms with van der Waals surface area (Å²) in [5.74, 6) is -0.0112. The lowest BCUT2D eigenvalue weighted by Crippen LogP contribution is -2.42. The fourth-order valence-electron chi connectivity index (χ4n) is 4.83. The van der Waals surface area contributed by atoms with Crippen molar-refractivity contribution < 1.29 is 9.59 Å². The highest BCUT2D eigenvalue weighted by Crippen LogP contribution is 2.43. The van der Waals surface area contributed by atoms with Gasteiger partial charge >= 0.3 is 0 Å². The van der Waals surface area contributed by atoms with E-state index in [1.165, 1.54) is 6.42 Å². The zero-order chi connectivity index (χ0) is 20.5. The highest BCUT2D eigenvalue weighted by molar-refractivity contribution is 6.05. The molecule has 3 aliphatic rings. The van der Waals surface area contributed by atoms with Gasteiger partial charge in [0, 0.05) is 67.8 Å². The smallest absolute Gasteiger partial charge is 0.252 e. The molecule has 1 aromatic carbocycles. The molecule has 2 heterocycles. The van der Waals surface area contributed by atoms with Gasteiger partial charge in [0.1, 0.15) is 0 Å². The first-order valence-electron chi connectivity index (χ1n) is 10.8. The van der Waals surface area contributed by atoms with Crippen LogP contribution in [0.4, 0.5) is 5.69 Å². The summed E-state index contributed by atoms with van der Waals surface area (Å²) in [4.78, 5) is 30.6. The van der Waals surface area contributed by atoms with Crippen LogP contribution in [0.2, 0.25) is 0 Å². The third-order valence-electron chi connectivity index (χ3n) is 6.39. The zero-order valence-electron chi connectivity index (χ0n) is 17.8. The predicted molar refractivity (Wildman–Crippen MR) is 116 cm³/mol. The Balaban J connectivity index is 1.79. The number of hydrogen-bond acceptors (Lipinski definition) is 4. The number of benzene rings is 1. The summed E-state index contributed by atoms with van der Waals surface area (Å²) in [7, 11) is 4.03. The van der Waals surface area contributed by atoms with Crippen molar-refractivity contribution in [1.82, 2.24) is 10.2 Å². The summed E-state index contributed by atoms with van der Waals surface area (Å²) < 4.78 is 0. The molecule has 1 aliphatic carbocycles. The molecule has 0 aromatic heterocycles. The number of hydrogen-bond donors (Lipinski definition) is 1. The van der Waals surface area contributed by atoms with Crippen LogP contribution < -0.4 is 10.2 Å². The molecular weight excluding hydrogens is 362 g/mol. The maximum absolute atomic E-state index is 13.6. The maximum atomic E-state index is 13.6. The van der Waals surface area contributed by atoms with Gasteiger partial charge in [-0.25, -0.2) is 0 Å². The Labute approximate surface area is 173 Å². The number of likely N-dealkylation sites (tertiary alicyclic amines) is 1. The average molecular weight is 394 g/mol. The molecular formula is C24H31N3O2. The number of rotatable bonds is 3. The molecule has 5 nitrogen and oxygen atoms in total. The van der Waals surface area contributed by atoms with Crippen LogP contribution in [0.5, 0.6) is 0 Å². The summed E-state index contributed by atoms with van der Waals surface area (Å²) in [5.41, 5.74) is 5.60. The van der Waals surface area contributed by atoms with E-state index >= 15 is 0 Å². The van der Waals surface area contributed by atoms with Gasteiger partial charge < -0.3 is 15.1 Å². The minimum Gasteiger partial charge on any atom is -0.378 e. The first-order chi connectivity index (χ1) is 14.0. The fourth-order valence-corrected chi connectivity index (χ4v) is 4.83. The van der Waals surface area contributed by atoms with Gasteiger partial charge in [0.05, 0.1) is 0 Å². The summed E-state index contributed by atoms with van der Waals surface area (Å²) >= 11 is 0. The molecule has 1 aromatic rings. The van der Waals surface area contributed by atoms with Crippen molar-refractivity contribution in [2.45, 2.75) is 51.4 Å². The maximum Gasteiger partial charge on any atom is 0.252 e. The van der Waals surface area contributed by atoms with E-state index in [0.717, 1.165) is 72.6 Å². The standard InChI is InChI=1S/C24H31N3O2/c1-16-21(24(29)27-14-5-4-6-15-27)22(17-10-12-18(13-11-17)26(2)3)23-19(25-16)8-7-9-20(23)28/h10-13,22,25H,4-9,14-15H2,1-3H3. The predicted octanol–water partition coefficient (Wildman–Crippen LogP) is 3.73. The Kier molecular flexibility index (Phi) is 5.48. The first kappa shape index (κ1) is 19.7. The molecule has 29 heavy (non-hydrogen) atoms. The Morgan fingerprint density at radius 1 is 1.03 bits per heavy atom. The van der Waals surface area contributed by atoms with Crippen LogP contribution in [-0.4, -0.2) is 43.8 Å². The van der Waals surface area contributed by atoms with Gasteiger partial charge in [-0.15, -0.1) is 0 Å². The van der Waals surface area contributed by atoms with E-state index in [1.54, 1.807) is 0 Å². The summed E-state index contributed by atoms with van der Waals surface area (Å²) in [6.45, 7) is 3.60. The van der Waals surface area contributed by atoms with Crippen molar-refractivity contribution in [2.24, 2.45) is 0 Å². The quantitative estimate of drug-likeness (QED) is 0.850. The topological polar surface area (TPSA) is 52.7 Å². The van der Waals surface area contributed by atoms with E-state index < -0.39 is 0 Å². The van der Waals surface area contributed by atoms with E-state index in [-0.39, 0.29) is 17.6 Å². The van der Waals surface area contributed by atoms with Gasteiger partial charge in [0.2, 0.25) is 0 Å². The van der Waals surface area contributed by atoms with Crippen molar-refractivity contribution in [3.63, 3.8) is 0 Å². The Bertz CT molecular complexity index is 874. The van der Waals surface area contributed by atoms with Crippen LogP contribution in [0.15, 0.2) is 46.8 Å². The molecule has 154 valence electrons. The van der Waals surface area contributed by atoms with E-state index in [4.69, 9.17) is 0 Å². The Morgan fingerprint density at radius 3 is 2.38 bits per heavy atom. The number of Topliss-reactive ketones (excluding diaryl/α,β-unsaturated/α-hetero) is 1. The van der Waals surface area contributed by atoms with Crippen molar-refractivity contribution in [3.05, 3.63) is 52.4 Å². The minimum atomic E-state index is -0.273. The molecule has 0 radical (unpaired) electrons. The van der Waals surface area contributed by atoms with E-state index in [1.807, 2.05) is 25.9 Å². The first-order valence-corrected chi connectivity index (χ1v) is 10.8. The molecule has 1 atom stereocenters. The number of piperidine rings is 1. The summed E-state index contributed by atoms with van der Waals surface area (Å²) in [5, 5.41) is 3.43. The number of nitrogens with zero attached hydrogens (tertiary/aromatic N) is 2. The van der Waals surface area contributed by atoms with Crippen molar-refractivity contribution >= 4 is 17.4 Å². The van der Waals surface area contributed by atoms with Crippen molar-refractivity contribution in [3.8, 4) is 0 Å². The van der Waals surface area contributed by atoms with Gasteiger partial charge in [0.25, 0.3) is 5.91 Å².